The number of nitrogens with zero attached hydrogens (tertiary/aromatic N) is 2. The quantitative estimate of drug-likeness (QED) is 0.545. The lowest BCUT2D eigenvalue weighted by molar-refractivity contribution is -0.140. The van der Waals surface area contributed by atoms with Gasteiger partial charge in [-0.15, -0.1) is 0 Å². The van der Waals surface area contributed by atoms with E-state index < -0.39 is 23.9 Å². The maximum absolute atomic E-state index is 12.1. The van der Waals surface area contributed by atoms with E-state index in [1.807, 2.05) is 0 Å². The molecule has 4 N–H and O–H groups in total. The van der Waals surface area contributed by atoms with Gasteiger partial charge in [-0.05, 0) is 30.7 Å². The van der Waals surface area contributed by atoms with E-state index in [1.54, 1.807) is 12.1 Å². The monoisotopic (exact) mass is 378 g/mol. The predicted octanol–water partition coefficient (Wildman–Crippen LogP) is 1.92. The summed E-state index contributed by atoms with van der Waals surface area (Å²) in [4.78, 5) is 41.8. The number of aliphatic carboxylic acids is 2. The molecule has 0 fully saturated rings. The van der Waals surface area contributed by atoms with Crippen molar-refractivity contribution in [1.82, 2.24) is 15.3 Å². The molecule has 0 aliphatic rings. The number of carboxylic acids is 2. The van der Waals surface area contributed by atoms with Crippen LogP contribution in [0.5, 0.6) is 0 Å². The Morgan fingerprint density at radius 3 is 2.23 bits per heavy atom. The van der Waals surface area contributed by atoms with Crippen LogP contribution in [0.2, 0.25) is 5.02 Å². The Labute approximate surface area is 153 Å². The van der Waals surface area contributed by atoms with Crippen molar-refractivity contribution in [3.8, 4) is 0 Å². The van der Waals surface area contributed by atoms with Crippen LogP contribution in [0.1, 0.15) is 23.2 Å². The predicted molar refractivity (Wildman–Crippen MR) is 92.5 cm³/mol. The number of carboxylic acid groups (broad SMARTS) is 2. The summed E-state index contributed by atoms with van der Waals surface area (Å²) in [6, 6.07) is 4.89. The van der Waals surface area contributed by atoms with E-state index in [0.717, 1.165) is 0 Å². The van der Waals surface area contributed by atoms with Crippen LogP contribution in [-0.4, -0.2) is 44.1 Å². The number of amides is 1. The van der Waals surface area contributed by atoms with Crippen LogP contribution >= 0.6 is 11.6 Å². The van der Waals surface area contributed by atoms with Crippen LogP contribution < -0.4 is 10.6 Å². The number of anilines is 2. The minimum Gasteiger partial charge on any atom is -0.481 e. The van der Waals surface area contributed by atoms with Crippen molar-refractivity contribution in [2.45, 2.75) is 18.9 Å². The third-order valence-corrected chi connectivity index (χ3v) is 3.47. The fourth-order valence-electron chi connectivity index (χ4n) is 1.98. The number of carbonyl (C=O) groups excluding carboxylic acids is 1. The lowest BCUT2D eigenvalue weighted by Gasteiger charge is -2.13. The van der Waals surface area contributed by atoms with Crippen molar-refractivity contribution >= 4 is 41.1 Å². The molecule has 0 aliphatic heterocycles. The van der Waals surface area contributed by atoms with E-state index >= 15 is 0 Å². The molecular formula is C16H15ClN4O5. The van der Waals surface area contributed by atoms with Gasteiger partial charge in [0.2, 0.25) is 5.95 Å². The van der Waals surface area contributed by atoms with Gasteiger partial charge < -0.3 is 20.8 Å². The van der Waals surface area contributed by atoms with Crippen molar-refractivity contribution in [3.05, 3.63) is 47.2 Å². The third-order valence-electron chi connectivity index (χ3n) is 3.27. The molecule has 0 aliphatic carbocycles. The van der Waals surface area contributed by atoms with Crippen molar-refractivity contribution in [1.29, 1.82) is 0 Å². The summed E-state index contributed by atoms with van der Waals surface area (Å²) < 4.78 is 0. The molecule has 1 atom stereocenters. The molecule has 9 nitrogen and oxygen atoms in total. The zero-order chi connectivity index (χ0) is 19.1. The topological polar surface area (TPSA) is 142 Å². The molecular weight excluding hydrogens is 364 g/mol. The average molecular weight is 379 g/mol. The zero-order valence-corrected chi connectivity index (χ0v) is 14.1. The van der Waals surface area contributed by atoms with Crippen LogP contribution in [0.3, 0.4) is 0 Å². The number of carbonyl (C=O) groups is 3. The summed E-state index contributed by atoms with van der Waals surface area (Å²) in [6.07, 6.45) is 2.30. The number of halogens is 1. The van der Waals surface area contributed by atoms with Gasteiger partial charge in [-0.1, -0.05) is 11.6 Å². The van der Waals surface area contributed by atoms with Crippen LogP contribution in [0, 0.1) is 0 Å². The van der Waals surface area contributed by atoms with Gasteiger partial charge in [0.05, 0.1) is 17.4 Å². The Kier molecular flexibility index (Phi) is 6.45. The largest absolute Gasteiger partial charge is 0.481 e. The molecule has 0 spiro atoms. The number of hydrogen-bond donors (Lipinski definition) is 4. The van der Waals surface area contributed by atoms with Gasteiger partial charge >= 0.3 is 11.9 Å². The Morgan fingerprint density at radius 1 is 1.08 bits per heavy atom. The minimum absolute atomic E-state index is 0.204. The molecule has 1 heterocycles. The van der Waals surface area contributed by atoms with Crippen LogP contribution in [-0.2, 0) is 9.59 Å². The first-order valence-corrected chi connectivity index (χ1v) is 7.83. The first kappa shape index (κ1) is 19.1. The second-order valence-electron chi connectivity index (χ2n) is 5.22. The van der Waals surface area contributed by atoms with Gasteiger partial charge in [-0.3, -0.25) is 9.59 Å². The Bertz CT molecular complexity index is 795. The van der Waals surface area contributed by atoms with Crippen molar-refractivity contribution in [2.75, 3.05) is 5.32 Å². The fourth-order valence-corrected chi connectivity index (χ4v) is 2.08. The van der Waals surface area contributed by atoms with E-state index in [-0.39, 0.29) is 18.4 Å². The molecule has 1 amide bonds. The summed E-state index contributed by atoms with van der Waals surface area (Å²) in [5.74, 6) is -2.72. The molecule has 1 unspecified atom stereocenters. The van der Waals surface area contributed by atoms with Crippen molar-refractivity contribution < 1.29 is 24.6 Å². The van der Waals surface area contributed by atoms with Gasteiger partial charge in [0.1, 0.15) is 6.04 Å². The Morgan fingerprint density at radius 2 is 1.69 bits per heavy atom. The van der Waals surface area contributed by atoms with Gasteiger partial charge in [0.25, 0.3) is 5.91 Å². The first-order valence-electron chi connectivity index (χ1n) is 7.45. The molecule has 1 aromatic carbocycles. The lowest BCUT2D eigenvalue weighted by atomic mass is 10.1. The van der Waals surface area contributed by atoms with Crippen molar-refractivity contribution in [2.24, 2.45) is 0 Å². The fraction of sp³-hybridized carbons (Fsp3) is 0.188. The highest BCUT2D eigenvalue weighted by Crippen LogP contribution is 2.15. The maximum Gasteiger partial charge on any atom is 0.326 e. The molecule has 26 heavy (non-hydrogen) atoms. The molecule has 0 radical (unpaired) electrons. The highest BCUT2D eigenvalue weighted by Gasteiger charge is 2.21. The second-order valence-corrected chi connectivity index (χ2v) is 5.66. The normalized spacial score (nSPS) is 11.4. The molecule has 2 rings (SSSR count). The molecule has 10 heteroatoms. The highest BCUT2D eigenvalue weighted by molar-refractivity contribution is 6.30. The molecule has 0 saturated heterocycles. The van der Waals surface area contributed by atoms with Gasteiger partial charge in [-0.2, -0.15) is 0 Å². The third kappa shape index (κ3) is 5.71. The average Bonchev–Trinajstić information content (AvgIpc) is 2.60. The molecule has 0 bridgehead atoms. The van der Waals surface area contributed by atoms with Crippen LogP contribution in [0.15, 0.2) is 36.7 Å². The van der Waals surface area contributed by atoms with E-state index in [4.69, 9.17) is 21.8 Å². The summed E-state index contributed by atoms with van der Waals surface area (Å²) in [6.45, 7) is 0. The summed E-state index contributed by atoms with van der Waals surface area (Å²) in [7, 11) is 0. The van der Waals surface area contributed by atoms with Crippen LogP contribution in [0.4, 0.5) is 11.6 Å². The summed E-state index contributed by atoms with van der Waals surface area (Å²) in [5, 5.41) is 23.3. The second kappa shape index (κ2) is 8.77. The minimum atomic E-state index is -1.29. The van der Waals surface area contributed by atoms with Gasteiger partial charge in [0, 0.05) is 17.7 Å². The SMILES string of the molecule is O=C(O)CCC(NC(=O)c1ccc(Nc2ncc(Cl)cn2)cc1)C(=O)O. The van der Waals surface area contributed by atoms with E-state index in [1.165, 1.54) is 24.5 Å². The smallest absolute Gasteiger partial charge is 0.326 e. The number of rotatable bonds is 8. The van der Waals surface area contributed by atoms with Crippen molar-refractivity contribution in [3.63, 3.8) is 0 Å². The number of aromatic nitrogens is 2. The summed E-state index contributed by atoms with van der Waals surface area (Å²) in [5.41, 5.74) is 0.846. The maximum atomic E-state index is 12.1. The number of benzene rings is 1. The van der Waals surface area contributed by atoms with Gasteiger partial charge in [0.15, 0.2) is 0 Å². The first-order chi connectivity index (χ1) is 12.3. The molecule has 2 aromatic rings. The molecule has 1 aromatic heterocycles. The Balaban J connectivity index is 1.99. The zero-order valence-electron chi connectivity index (χ0n) is 13.3. The summed E-state index contributed by atoms with van der Waals surface area (Å²) >= 11 is 5.70. The molecule has 136 valence electrons. The molecule has 0 saturated carbocycles. The number of nitrogens with one attached hydrogen (secondary N) is 2. The van der Waals surface area contributed by atoms with Crippen LogP contribution in [0.25, 0.3) is 0 Å². The van der Waals surface area contributed by atoms with E-state index in [2.05, 4.69) is 20.6 Å². The number of hydrogen-bond acceptors (Lipinski definition) is 6. The lowest BCUT2D eigenvalue weighted by Crippen LogP contribution is -2.41. The Hall–Kier alpha value is -3.20. The standard InChI is InChI=1S/C16H15ClN4O5/c17-10-7-18-16(19-8-10)20-11-3-1-9(2-4-11)14(24)21-12(15(25)26)5-6-13(22)23/h1-4,7-8,12H,5-6H2,(H,21,24)(H,22,23)(H,25,26)(H,18,19,20). The van der Waals surface area contributed by atoms with Gasteiger partial charge in [-0.25, -0.2) is 14.8 Å². The van der Waals surface area contributed by atoms with E-state index in [9.17, 15) is 14.4 Å². The highest BCUT2D eigenvalue weighted by atomic mass is 35.5. The van der Waals surface area contributed by atoms with E-state index in [0.29, 0.717) is 16.7 Å².